The smallest absolute Gasteiger partial charge is 0.416 e. The number of aliphatic carboxylic acids is 1. The highest BCUT2D eigenvalue weighted by molar-refractivity contribution is 6.30. The third kappa shape index (κ3) is 4.23. The summed E-state index contributed by atoms with van der Waals surface area (Å²) in [6.07, 6.45) is -5.30. The van der Waals surface area contributed by atoms with Crippen LogP contribution in [-0.4, -0.2) is 25.0 Å². The molecule has 0 aliphatic carbocycles. The lowest BCUT2D eigenvalue weighted by Gasteiger charge is -2.38. The molecular weight excluding hydrogens is 483 g/mol. The Balaban J connectivity index is 1.99. The largest absolute Gasteiger partial charge is 0.550 e. The van der Waals surface area contributed by atoms with Gasteiger partial charge in [0.05, 0.1) is 12.7 Å². The molecule has 9 heteroatoms. The summed E-state index contributed by atoms with van der Waals surface area (Å²) in [5.41, 5.74) is -1.34. The lowest BCUT2D eigenvalue weighted by atomic mass is 9.69. The number of methoxy groups -OCH3 is 1. The Hall–Kier alpha value is -3.52. The van der Waals surface area contributed by atoms with Gasteiger partial charge in [-0.25, -0.2) is 0 Å². The van der Waals surface area contributed by atoms with Crippen LogP contribution in [0.3, 0.4) is 0 Å². The van der Waals surface area contributed by atoms with Crippen LogP contribution in [0.5, 0.6) is 5.75 Å². The van der Waals surface area contributed by atoms with Gasteiger partial charge in [-0.2, -0.15) is 13.2 Å². The van der Waals surface area contributed by atoms with Gasteiger partial charge < -0.3 is 19.5 Å². The van der Waals surface area contributed by atoms with E-state index in [1.165, 1.54) is 36.3 Å². The van der Waals surface area contributed by atoms with Crippen LogP contribution < -0.4 is 14.7 Å². The lowest BCUT2D eigenvalue weighted by Crippen LogP contribution is -2.49. The van der Waals surface area contributed by atoms with Gasteiger partial charge in [0.1, 0.15) is 5.75 Å². The summed E-state index contributed by atoms with van der Waals surface area (Å²) in [5, 5.41) is 12.5. The van der Waals surface area contributed by atoms with Gasteiger partial charge in [-0.05, 0) is 66.6 Å². The molecule has 4 rings (SSSR count). The molecule has 3 aromatic carbocycles. The Morgan fingerprint density at radius 2 is 1.77 bits per heavy atom. The molecule has 0 bridgehead atoms. The Labute approximate surface area is 204 Å². The van der Waals surface area contributed by atoms with E-state index in [0.29, 0.717) is 22.0 Å². The van der Waals surface area contributed by atoms with Gasteiger partial charge >= 0.3 is 6.18 Å². The number of ether oxygens (including phenoxy) is 1. The number of fused-ring (bicyclic) bond motifs is 1. The van der Waals surface area contributed by atoms with Crippen LogP contribution in [-0.2, 0) is 16.4 Å². The molecule has 0 fully saturated rings. The zero-order chi connectivity index (χ0) is 25.5. The summed E-state index contributed by atoms with van der Waals surface area (Å²) in [6.45, 7) is 1.61. The number of nitrogens with zero attached hydrogens (tertiary/aromatic N) is 1. The highest BCUT2D eigenvalue weighted by Crippen LogP contribution is 2.53. The fourth-order valence-corrected chi connectivity index (χ4v) is 4.95. The molecule has 2 atom stereocenters. The number of alkyl halides is 3. The Kier molecular flexibility index (Phi) is 6.27. The first-order valence-electron chi connectivity index (χ1n) is 10.6. The van der Waals surface area contributed by atoms with Crippen molar-refractivity contribution >= 4 is 29.2 Å². The van der Waals surface area contributed by atoms with Gasteiger partial charge in [0.25, 0.3) is 5.91 Å². The Morgan fingerprint density at radius 3 is 2.37 bits per heavy atom. The van der Waals surface area contributed by atoms with Crippen LogP contribution in [0.2, 0.25) is 5.02 Å². The molecule has 0 spiro atoms. The minimum absolute atomic E-state index is 0.102. The van der Waals surface area contributed by atoms with E-state index in [0.717, 1.165) is 12.1 Å². The summed E-state index contributed by atoms with van der Waals surface area (Å²) < 4.78 is 46.1. The minimum Gasteiger partial charge on any atom is -0.550 e. The van der Waals surface area contributed by atoms with E-state index < -0.39 is 41.5 Å². The van der Waals surface area contributed by atoms with Crippen LogP contribution in [0.1, 0.15) is 40.4 Å². The Bertz CT molecular complexity index is 1290. The quantitative estimate of drug-likeness (QED) is 0.500. The Morgan fingerprint density at radius 1 is 1.09 bits per heavy atom. The van der Waals surface area contributed by atoms with Gasteiger partial charge in [-0.3, -0.25) is 4.79 Å². The van der Waals surface area contributed by atoms with Crippen LogP contribution >= 0.6 is 11.6 Å². The van der Waals surface area contributed by atoms with E-state index in [-0.39, 0.29) is 11.1 Å². The van der Waals surface area contributed by atoms with Gasteiger partial charge in [0.2, 0.25) is 0 Å². The van der Waals surface area contributed by atoms with Gasteiger partial charge in [-0.15, -0.1) is 0 Å². The predicted molar refractivity (Wildman–Crippen MR) is 123 cm³/mol. The first-order valence-corrected chi connectivity index (χ1v) is 11.0. The fourth-order valence-electron chi connectivity index (χ4n) is 4.82. The zero-order valence-electron chi connectivity index (χ0n) is 18.7. The van der Waals surface area contributed by atoms with E-state index in [1.54, 1.807) is 37.3 Å². The number of carbonyl (C=O) groups is 2. The van der Waals surface area contributed by atoms with Crippen molar-refractivity contribution in [3.8, 4) is 5.75 Å². The van der Waals surface area contributed by atoms with Crippen molar-refractivity contribution in [1.82, 2.24) is 0 Å². The minimum atomic E-state index is -4.64. The number of carboxylic acids is 1. The molecule has 1 aliphatic rings. The molecule has 1 amide bonds. The molecule has 0 saturated carbocycles. The molecule has 0 aromatic heterocycles. The SMILES string of the molecule is COc1ccc2c(c1)C(CC(=O)[O-])(c1cccc(C(F)(F)F)c1)C(C)N2C(=O)c1ccc(Cl)cc1. The van der Waals surface area contributed by atoms with Gasteiger partial charge in [0, 0.05) is 40.1 Å². The standard InChI is InChI=1S/C26H21ClF3NO4/c1-15-25(14-23(32)33,17-4-3-5-18(12-17)26(28,29)30)21-13-20(35-2)10-11-22(21)31(15)24(34)16-6-8-19(27)9-7-16/h3-13,15H,14H2,1-2H3,(H,32,33)/p-1. The first kappa shape index (κ1) is 24.6. The number of carboxylic acid groups (broad SMARTS) is 1. The average Bonchev–Trinajstić information content (AvgIpc) is 3.06. The van der Waals surface area contributed by atoms with Gasteiger partial charge in [0.15, 0.2) is 0 Å². The monoisotopic (exact) mass is 502 g/mol. The van der Waals surface area contributed by atoms with Crippen molar-refractivity contribution in [2.75, 3.05) is 12.0 Å². The van der Waals surface area contributed by atoms with E-state index in [1.807, 2.05) is 0 Å². The van der Waals surface area contributed by atoms with Crippen molar-refractivity contribution in [2.45, 2.75) is 31.0 Å². The maximum atomic E-state index is 13.6. The number of rotatable bonds is 5. The lowest BCUT2D eigenvalue weighted by molar-refractivity contribution is -0.307. The van der Waals surface area contributed by atoms with Crippen LogP contribution in [0.15, 0.2) is 66.7 Å². The first-order chi connectivity index (χ1) is 16.5. The highest BCUT2D eigenvalue weighted by atomic mass is 35.5. The average molecular weight is 503 g/mol. The number of hydrogen-bond acceptors (Lipinski definition) is 4. The molecule has 0 N–H and O–H groups in total. The van der Waals surface area contributed by atoms with Crippen molar-refractivity contribution in [3.05, 3.63) is 94.0 Å². The summed E-state index contributed by atoms with van der Waals surface area (Å²) in [5.74, 6) is -1.55. The molecule has 2 unspecified atom stereocenters. The highest BCUT2D eigenvalue weighted by Gasteiger charge is 2.52. The normalized spacial score (nSPS) is 19.4. The van der Waals surface area contributed by atoms with E-state index >= 15 is 0 Å². The topological polar surface area (TPSA) is 69.7 Å². The molecule has 1 aliphatic heterocycles. The molecule has 0 saturated heterocycles. The number of halogens is 4. The van der Waals surface area contributed by atoms with E-state index in [4.69, 9.17) is 16.3 Å². The maximum absolute atomic E-state index is 13.6. The van der Waals surface area contributed by atoms with E-state index in [9.17, 15) is 27.9 Å². The number of hydrogen-bond donors (Lipinski definition) is 0. The van der Waals surface area contributed by atoms with Crippen molar-refractivity contribution < 1.29 is 32.6 Å². The second kappa shape index (κ2) is 8.92. The molecule has 5 nitrogen and oxygen atoms in total. The number of benzene rings is 3. The molecule has 35 heavy (non-hydrogen) atoms. The van der Waals surface area contributed by atoms with Crippen LogP contribution in [0.4, 0.5) is 18.9 Å². The zero-order valence-corrected chi connectivity index (χ0v) is 19.5. The summed E-state index contributed by atoms with van der Waals surface area (Å²) >= 11 is 5.95. The third-order valence-electron chi connectivity index (χ3n) is 6.48. The maximum Gasteiger partial charge on any atom is 0.416 e. The van der Waals surface area contributed by atoms with Crippen LogP contribution in [0, 0.1) is 0 Å². The fraction of sp³-hybridized carbons (Fsp3) is 0.231. The van der Waals surface area contributed by atoms with E-state index in [2.05, 4.69) is 0 Å². The summed E-state index contributed by atoms with van der Waals surface area (Å²) in [6, 6.07) is 14.6. The number of amides is 1. The molecule has 182 valence electrons. The van der Waals surface area contributed by atoms with Gasteiger partial charge in [-0.1, -0.05) is 29.8 Å². The van der Waals surface area contributed by atoms with Crippen molar-refractivity contribution in [1.29, 1.82) is 0 Å². The molecule has 3 aromatic rings. The molecule has 0 radical (unpaired) electrons. The summed E-state index contributed by atoms with van der Waals surface area (Å²) in [7, 11) is 1.42. The molecular formula is C26H20ClF3NO4-. The van der Waals surface area contributed by atoms with Crippen molar-refractivity contribution in [3.63, 3.8) is 0 Å². The number of carbonyl (C=O) groups excluding carboxylic acids is 2. The second-order valence-corrected chi connectivity index (χ2v) is 8.78. The van der Waals surface area contributed by atoms with Crippen molar-refractivity contribution in [2.24, 2.45) is 0 Å². The number of anilines is 1. The van der Waals surface area contributed by atoms with Crippen LogP contribution in [0.25, 0.3) is 0 Å². The predicted octanol–water partition coefficient (Wildman–Crippen LogP) is 4.84. The third-order valence-corrected chi connectivity index (χ3v) is 6.73. The molecule has 1 heterocycles. The second-order valence-electron chi connectivity index (χ2n) is 8.34. The summed E-state index contributed by atoms with van der Waals surface area (Å²) in [4.78, 5) is 27.1.